The standard InChI is InChI=1S/C5H2Cl3S/c1-2-3(6)4(7)5(8)9-2/h1H2. The van der Waals surface area contributed by atoms with Crippen molar-refractivity contribution in [1.82, 2.24) is 0 Å². The number of hydrogen-bond acceptors (Lipinski definition) is 1. The van der Waals surface area contributed by atoms with Crippen LogP contribution < -0.4 is 0 Å². The molecule has 0 bridgehead atoms. The Hall–Kier alpha value is 0.570. The summed E-state index contributed by atoms with van der Waals surface area (Å²) in [6.45, 7) is 3.62. The highest BCUT2D eigenvalue weighted by Gasteiger charge is 2.08. The molecule has 0 saturated heterocycles. The van der Waals surface area contributed by atoms with Gasteiger partial charge in [0.2, 0.25) is 0 Å². The first kappa shape index (κ1) is 7.67. The van der Waals surface area contributed by atoms with Gasteiger partial charge in [-0.15, -0.1) is 11.3 Å². The van der Waals surface area contributed by atoms with Crippen LogP contribution in [-0.4, -0.2) is 0 Å². The Kier molecular flexibility index (Phi) is 2.27. The summed E-state index contributed by atoms with van der Waals surface area (Å²) in [4.78, 5) is 0.715. The van der Waals surface area contributed by atoms with Gasteiger partial charge in [-0.1, -0.05) is 34.8 Å². The Bertz CT molecular complexity index is 206. The van der Waals surface area contributed by atoms with Gasteiger partial charge in [0.05, 0.1) is 10.0 Å². The summed E-state index contributed by atoms with van der Waals surface area (Å²) in [5.74, 6) is 0. The molecule has 0 atom stereocenters. The maximum atomic E-state index is 5.63. The maximum absolute atomic E-state index is 5.63. The van der Waals surface area contributed by atoms with Crippen LogP contribution in [0.15, 0.2) is 0 Å². The molecule has 4 heteroatoms. The van der Waals surface area contributed by atoms with Crippen LogP contribution in [0, 0.1) is 6.92 Å². The third-order valence-electron chi connectivity index (χ3n) is 0.823. The van der Waals surface area contributed by atoms with Crippen molar-refractivity contribution in [2.45, 2.75) is 0 Å². The highest BCUT2D eigenvalue weighted by Crippen LogP contribution is 2.39. The number of rotatable bonds is 0. The zero-order valence-electron chi connectivity index (χ0n) is 4.25. The van der Waals surface area contributed by atoms with Gasteiger partial charge in [0.25, 0.3) is 0 Å². The number of thiophene rings is 1. The van der Waals surface area contributed by atoms with Crippen LogP contribution in [0.3, 0.4) is 0 Å². The van der Waals surface area contributed by atoms with Crippen LogP contribution in [0.5, 0.6) is 0 Å². The second-order valence-electron chi connectivity index (χ2n) is 1.43. The minimum Gasteiger partial charge on any atom is -0.125 e. The van der Waals surface area contributed by atoms with Crippen LogP contribution in [0.25, 0.3) is 0 Å². The average Bonchev–Trinajstić information content (AvgIpc) is 1.98. The molecule has 49 valence electrons. The van der Waals surface area contributed by atoms with E-state index < -0.39 is 0 Å². The molecule has 0 aliphatic carbocycles. The lowest BCUT2D eigenvalue weighted by molar-refractivity contribution is 1.87. The zero-order valence-corrected chi connectivity index (χ0v) is 7.33. The first-order chi connectivity index (χ1) is 4.13. The summed E-state index contributed by atoms with van der Waals surface area (Å²) in [6.07, 6.45) is 0. The van der Waals surface area contributed by atoms with E-state index in [1.807, 2.05) is 0 Å². The molecular weight excluding hydrogens is 198 g/mol. The normalized spacial score (nSPS) is 10.2. The van der Waals surface area contributed by atoms with Crippen LogP contribution in [0.2, 0.25) is 14.4 Å². The first-order valence-corrected chi connectivity index (χ1v) is 4.03. The molecule has 0 N–H and O–H groups in total. The van der Waals surface area contributed by atoms with Gasteiger partial charge in [0, 0.05) is 4.88 Å². The molecule has 0 aliphatic heterocycles. The van der Waals surface area contributed by atoms with Crippen molar-refractivity contribution in [3.05, 3.63) is 26.2 Å². The van der Waals surface area contributed by atoms with E-state index in [0.29, 0.717) is 19.3 Å². The third-order valence-corrected chi connectivity index (χ3v) is 3.29. The molecular formula is C5H2Cl3S. The predicted octanol–water partition coefficient (Wildman–Crippen LogP) is 3.89. The lowest BCUT2D eigenvalue weighted by atomic mass is 10.5. The SMILES string of the molecule is [CH2]c1sc(Cl)c(Cl)c1Cl. The Labute approximate surface area is 72.3 Å². The van der Waals surface area contributed by atoms with Gasteiger partial charge in [-0.2, -0.15) is 0 Å². The fraction of sp³-hybridized carbons (Fsp3) is 0. The van der Waals surface area contributed by atoms with Gasteiger partial charge in [-0.25, -0.2) is 0 Å². The maximum Gasteiger partial charge on any atom is 0.113 e. The van der Waals surface area contributed by atoms with E-state index in [0.717, 1.165) is 0 Å². The van der Waals surface area contributed by atoms with E-state index in [2.05, 4.69) is 6.92 Å². The molecule has 0 fully saturated rings. The van der Waals surface area contributed by atoms with Gasteiger partial charge >= 0.3 is 0 Å². The molecule has 9 heavy (non-hydrogen) atoms. The van der Waals surface area contributed by atoms with Gasteiger partial charge in [-0.05, 0) is 6.92 Å². The molecule has 1 rings (SSSR count). The fourth-order valence-electron chi connectivity index (χ4n) is 0.406. The highest BCUT2D eigenvalue weighted by molar-refractivity contribution is 7.17. The first-order valence-electron chi connectivity index (χ1n) is 2.08. The average molecular weight is 200 g/mol. The Morgan fingerprint density at radius 1 is 1.11 bits per heavy atom. The molecule has 1 heterocycles. The molecule has 0 unspecified atom stereocenters. The lowest BCUT2D eigenvalue weighted by Crippen LogP contribution is -1.57. The summed E-state index contributed by atoms with van der Waals surface area (Å²) in [6, 6.07) is 0. The number of halogens is 3. The minimum atomic E-state index is 0.410. The van der Waals surface area contributed by atoms with Crippen molar-refractivity contribution in [1.29, 1.82) is 0 Å². The van der Waals surface area contributed by atoms with E-state index in [1.165, 1.54) is 11.3 Å². The monoisotopic (exact) mass is 199 g/mol. The molecule has 1 aromatic rings. The molecule has 0 saturated carbocycles. The Morgan fingerprint density at radius 2 is 1.67 bits per heavy atom. The third kappa shape index (κ3) is 1.35. The Morgan fingerprint density at radius 3 is 1.78 bits per heavy atom. The predicted molar refractivity (Wildman–Crippen MR) is 43.8 cm³/mol. The van der Waals surface area contributed by atoms with E-state index in [9.17, 15) is 0 Å². The van der Waals surface area contributed by atoms with Crippen molar-refractivity contribution >= 4 is 46.1 Å². The fourth-order valence-corrected chi connectivity index (χ4v) is 1.98. The summed E-state index contributed by atoms with van der Waals surface area (Å²) in [5, 5.41) is 0.875. The summed E-state index contributed by atoms with van der Waals surface area (Å²) < 4.78 is 0.506. The van der Waals surface area contributed by atoms with Crippen LogP contribution in [-0.2, 0) is 0 Å². The minimum absolute atomic E-state index is 0.410. The molecule has 0 spiro atoms. The van der Waals surface area contributed by atoms with Crippen molar-refractivity contribution in [2.24, 2.45) is 0 Å². The molecule has 0 aliphatic rings. The van der Waals surface area contributed by atoms with Gasteiger partial charge < -0.3 is 0 Å². The van der Waals surface area contributed by atoms with Gasteiger partial charge in [-0.3, -0.25) is 0 Å². The van der Waals surface area contributed by atoms with Crippen molar-refractivity contribution < 1.29 is 0 Å². The van der Waals surface area contributed by atoms with Gasteiger partial charge in [0.15, 0.2) is 0 Å². The van der Waals surface area contributed by atoms with Crippen molar-refractivity contribution in [3.63, 3.8) is 0 Å². The van der Waals surface area contributed by atoms with Crippen LogP contribution in [0.4, 0.5) is 0 Å². The van der Waals surface area contributed by atoms with E-state index >= 15 is 0 Å². The van der Waals surface area contributed by atoms with Crippen molar-refractivity contribution in [3.8, 4) is 0 Å². The lowest BCUT2D eigenvalue weighted by Gasteiger charge is -1.82. The quantitative estimate of drug-likeness (QED) is 0.596. The molecule has 1 aromatic heterocycles. The molecule has 1 radical (unpaired) electrons. The molecule has 0 aromatic carbocycles. The number of hydrogen-bond donors (Lipinski definition) is 0. The largest absolute Gasteiger partial charge is 0.125 e. The second-order valence-corrected chi connectivity index (χ2v) is 3.89. The van der Waals surface area contributed by atoms with Crippen LogP contribution in [0.1, 0.15) is 4.88 Å². The van der Waals surface area contributed by atoms with Crippen molar-refractivity contribution in [2.75, 3.05) is 0 Å². The van der Waals surface area contributed by atoms with Crippen LogP contribution >= 0.6 is 46.1 Å². The molecule has 0 amide bonds. The highest BCUT2D eigenvalue weighted by atomic mass is 35.5. The van der Waals surface area contributed by atoms with E-state index in [4.69, 9.17) is 34.8 Å². The van der Waals surface area contributed by atoms with E-state index in [1.54, 1.807) is 0 Å². The van der Waals surface area contributed by atoms with E-state index in [-0.39, 0.29) is 0 Å². The molecule has 0 nitrogen and oxygen atoms in total. The van der Waals surface area contributed by atoms with Gasteiger partial charge in [0.1, 0.15) is 4.34 Å². The summed E-state index contributed by atoms with van der Waals surface area (Å²) in [7, 11) is 0. The zero-order chi connectivity index (χ0) is 7.02. The summed E-state index contributed by atoms with van der Waals surface area (Å²) >= 11 is 18.1. The second kappa shape index (κ2) is 2.67. The Balaban J connectivity index is 3.29. The summed E-state index contributed by atoms with van der Waals surface area (Å²) in [5.41, 5.74) is 0. The smallest absolute Gasteiger partial charge is 0.113 e. The topological polar surface area (TPSA) is 0 Å².